The van der Waals surface area contributed by atoms with E-state index in [9.17, 15) is 4.79 Å². The minimum Gasteiger partial charge on any atom is -0.480 e. The summed E-state index contributed by atoms with van der Waals surface area (Å²) in [5.74, 6) is -0.708. The van der Waals surface area contributed by atoms with Gasteiger partial charge in [-0.1, -0.05) is 13.3 Å². The summed E-state index contributed by atoms with van der Waals surface area (Å²) < 4.78 is 5.15. The summed E-state index contributed by atoms with van der Waals surface area (Å²) in [5.41, 5.74) is 0. The van der Waals surface area contributed by atoms with Gasteiger partial charge in [0.15, 0.2) is 0 Å². The van der Waals surface area contributed by atoms with Crippen molar-refractivity contribution in [2.45, 2.75) is 44.7 Å². The number of aliphatic carboxylic acids is 1. The fourth-order valence-electron chi connectivity index (χ4n) is 2.36. The lowest BCUT2D eigenvalue weighted by Gasteiger charge is -2.38. The van der Waals surface area contributed by atoms with Gasteiger partial charge in [-0.3, -0.25) is 9.69 Å². The number of nitrogens with zero attached hydrogens (tertiary/aromatic N) is 1. The molecule has 1 fully saturated rings. The van der Waals surface area contributed by atoms with Crippen molar-refractivity contribution in [2.24, 2.45) is 0 Å². The highest BCUT2D eigenvalue weighted by Crippen LogP contribution is 2.21. The minimum atomic E-state index is -0.708. The number of piperidine rings is 1. The number of ether oxygens (including phenoxy) is 1. The molecule has 15 heavy (non-hydrogen) atoms. The Kier molecular flexibility index (Phi) is 5.05. The molecular formula is C11H21NO3. The van der Waals surface area contributed by atoms with Crippen LogP contribution in [-0.2, 0) is 9.53 Å². The smallest absolute Gasteiger partial charge is 0.320 e. The van der Waals surface area contributed by atoms with Gasteiger partial charge in [-0.25, -0.2) is 0 Å². The Morgan fingerprint density at radius 3 is 2.87 bits per heavy atom. The van der Waals surface area contributed by atoms with Gasteiger partial charge in [0, 0.05) is 13.2 Å². The van der Waals surface area contributed by atoms with Crippen LogP contribution >= 0.6 is 0 Å². The van der Waals surface area contributed by atoms with Crippen molar-refractivity contribution in [1.82, 2.24) is 4.90 Å². The molecule has 0 aromatic rings. The van der Waals surface area contributed by atoms with E-state index in [0.29, 0.717) is 13.0 Å². The maximum absolute atomic E-state index is 11.1. The number of carboxylic acid groups (broad SMARTS) is 1. The number of rotatable bonds is 5. The van der Waals surface area contributed by atoms with E-state index < -0.39 is 5.97 Å². The Labute approximate surface area is 91.2 Å². The van der Waals surface area contributed by atoms with Crippen molar-refractivity contribution < 1.29 is 14.6 Å². The molecule has 1 N–H and O–H groups in total. The molecule has 4 heteroatoms. The van der Waals surface area contributed by atoms with E-state index in [1.54, 1.807) is 7.11 Å². The lowest BCUT2D eigenvalue weighted by Crippen LogP contribution is -2.51. The van der Waals surface area contributed by atoms with Crippen LogP contribution in [0.2, 0.25) is 0 Å². The van der Waals surface area contributed by atoms with Crippen molar-refractivity contribution in [3.05, 3.63) is 0 Å². The summed E-state index contributed by atoms with van der Waals surface area (Å²) in [6.07, 6.45) is 4.00. The second-order valence-electron chi connectivity index (χ2n) is 4.11. The van der Waals surface area contributed by atoms with Crippen LogP contribution in [0.25, 0.3) is 0 Å². The normalized spacial score (nSPS) is 25.1. The van der Waals surface area contributed by atoms with Gasteiger partial charge in [0.2, 0.25) is 0 Å². The summed E-state index contributed by atoms with van der Waals surface area (Å²) >= 11 is 0. The third-order valence-electron chi connectivity index (χ3n) is 3.10. The monoisotopic (exact) mass is 215 g/mol. The maximum atomic E-state index is 11.1. The van der Waals surface area contributed by atoms with Crippen molar-refractivity contribution in [3.63, 3.8) is 0 Å². The van der Waals surface area contributed by atoms with Crippen molar-refractivity contribution >= 4 is 5.97 Å². The molecule has 1 aliphatic rings. The molecule has 0 saturated carbocycles. The Morgan fingerprint density at radius 1 is 1.60 bits per heavy atom. The number of methoxy groups -OCH3 is 1. The van der Waals surface area contributed by atoms with Crippen LogP contribution in [0.5, 0.6) is 0 Å². The summed E-state index contributed by atoms with van der Waals surface area (Å²) in [6, 6.07) is -0.0600. The van der Waals surface area contributed by atoms with Crippen LogP contribution in [0.3, 0.4) is 0 Å². The minimum absolute atomic E-state index is 0.282. The third kappa shape index (κ3) is 3.18. The Hall–Kier alpha value is -0.610. The topological polar surface area (TPSA) is 49.8 Å². The Bertz CT molecular complexity index is 206. The average molecular weight is 215 g/mol. The lowest BCUT2D eigenvalue weighted by atomic mass is 9.99. The average Bonchev–Trinajstić information content (AvgIpc) is 2.21. The fourth-order valence-corrected chi connectivity index (χ4v) is 2.36. The predicted molar refractivity (Wildman–Crippen MR) is 57.9 cm³/mol. The molecule has 88 valence electrons. The van der Waals surface area contributed by atoms with Gasteiger partial charge in [-0.15, -0.1) is 0 Å². The van der Waals surface area contributed by atoms with E-state index in [2.05, 4.69) is 4.90 Å². The van der Waals surface area contributed by atoms with Gasteiger partial charge in [0.25, 0.3) is 0 Å². The van der Waals surface area contributed by atoms with E-state index in [0.717, 1.165) is 19.4 Å². The second kappa shape index (κ2) is 6.08. The first-order valence-corrected chi connectivity index (χ1v) is 5.68. The SMILES string of the molecule is CC[C@@H](C(=O)O)N1CCCC[C@@H]1COC. The molecule has 0 aliphatic carbocycles. The molecular weight excluding hydrogens is 194 g/mol. The van der Waals surface area contributed by atoms with Crippen LogP contribution in [0.1, 0.15) is 32.6 Å². The highest BCUT2D eigenvalue weighted by molar-refractivity contribution is 5.73. The van der Waals surface area contributed by atoms with Gasteiger partial charge in [0.05, 0.1) is 6.61 Å². The second-order valence-corrected chi connectivity index (χ2v) is 4.11. The molecule has 0 amide bonds. The highest BCUT2D eigenvalue weighted by Gasteiger charge is 2.31. The van der Waals surface area contributed by atoms with Gasteiger partial charge >= 0.3 is 5.97 Å². The zero-order valence-corrected chi connectivity index (χ0v) is 9.61. The van der Waals surface area contributed by atoms with Crippen LogP contribution in [0.15, 0.2) is 0 Å². The first kappa shape index (κ1) is 12.5. The molecule has 0 spiro atoms. The van der Waals surface area contributed by atoms with Crippen molar-refractivity contribution in [1.29, 1.82) is 0 Å². The Morgan fingerprint density at radius 2 is 2.33 bits per heavy atom. The zero-order chi connectivity index (χ0) is 11.3. The number of hydrogen-bond donors (Lipinski definition) is 1. The van der Waals surface area contributed by atoms with E-state index in [-0.39, 0.29) is 12.1 Å². The lowest BCUT2D eigenvalue weighted by molar-refractivity contribution is -0.145. The molecule has 0 bridgehead atoms. The zero-order valence-electron chi connectivity index (χ0n) is 9.61. The Balaban J connectivity index is 2.64. The van der Waals surface area contributed by atoms with Crippen LogP contribution < -0.4 is 0 Å². The molecule has 1 heterocycles. The molecule has 0 radical (unpaired) electrons. The number of likely N-dealkylation sites (tertiary alicyclic amines) is 1. The molecule has 1 aliphatic heterocycles. The first-order chi connectivity index (χ1) is 7.20. The van der Waals surface area contributed by atoms with Gasteiger partial charge in [-0.05, 0) is 25.8 Å². The molecule has 0 aromatic carbocycles. The number of carbonyl (C=O) groups is 1. The molecule has 0 aromatic heterocycles. The predicted octanol–water partition coefficient (Wildman–Crippen LogP) is 1.35. The number of hydrogen-bond acceptors (Lipinski definition) is 3. The molecule has 2 atom stereocenters. The first-order valence-electron chi connectivity index (χ1n) is 5.68. The maximum Gasteiger partial charge on any atom is 0.320 e. The summed E-state index contributed by atoms with van der Waals surface area (Å²) in [4.78, 5) is 13.2. The largest absolute Gasteiger partial charge is 0.480 e. The van der Waals surface area contributed by atoms with Crippen molar-refractivity contribution in [3.8, 4) is 0 Å². The van der Waals surface area contributed by atoms with Gasteiger partial charge < -0.3 is 9.84 Å². The number of carboxylic acids is 1. The van der Waals surface area contributed by atoms with Crippen LogP contribution in [0, 0.1) is 0 Å². The highest BCUT2D eigenvalue weighted by atomic mass is 16.5. The van der Waals surface area contributed by atoms with E-state index >= 15 is 0 Å². The van der Waals surface area contributed by atoms with E-state index in [1.165, 1.54) is 6.42 Å². The van der Waals surface area contributed by atoms with Crippen LogP contribution in [0.4, 0.5) is 0 Å². The fraction of sp³-hybridized carbons (Fsp3) is 0.909. The van der Waals surface area contributed by atoms with E-state index in [4.69, 9.17) is 9.84 Å². The van der Waals surface area contributed by atoms with Gasteiger partial charge in [0.1, 0.15) is 6.04 Å². The summed E-state index contributed by atoms with van der Waals surface area (Å²) in [6.45, 7) is 3.46. The van der Waals surface area contributed by atoms with E-state index in [1.807, 2.05) is 6.92 Å². The molecule has 1 saturated heterocycles. The van der Waals surface area contributed by atoms with Crippen molar-refractivity contribution in [2.75, 3.05) is 20.3 Å². The quantitative estimate of drug-likeness (QED) is 0.752. The molecule has 0 unspecified atom stereocenters. The summed E-state index contributed by atoms with van der Waals surface area (Å²) in [7, 11) is 1.68. The van der Waals surface area contributed by atoms with Crippen LogP contribution in [-0.4, -0.2) is 48.3 Å². The molecule has 1 rings (SSSR count). The molecule has 4 nitrogen and oxygen atoms in total. The van der Waals surface area contributed by atoms with Gasteiger partial charge in [-0.2, -0.15) is 0 Å². The summed E-state index contributed by atoms with van der Waals surface area (Å²) in [5, 5.41) is 9.13. The standard InChI is InChI=1S/C11H21NO3/c1-3-10(11(13)14)12-7-5-4-6-9(12)8-15-2/h9-10H,3-8H2,1-2H3,(H,13,14)/t9-,10+/m1/s1. The third-order valence-corrected chi connectivity index (χ3v) is 3.10.